The van der Waals surface area contributed by atoms with E-state index in [-0.39, 0.29) is 24.7 Å². The van der Waals surface area contributed by atoms with Gasteiger partial charge in [0.05, 0.1) is 4.92 Å². The smallest absolute Gasteiger partial charge is 0.293 e. The number of benzene rings is 1. The molecule has 0 N–H and O–H groups in total. The minimum absolute atomic E-state index is 0.105. The van der Waals surface area contributed by atoms with Crippen LogP contribution >= 0.6 is 10.7 Å². The van der Waals surface area contributed by atoms with Crippen LogP contribution in [0.3, 0.4) is 0 Å². The van der Waals surface area contributed by atoms with Gasteiger partial charge < -0.3 is 9.47 Å². The molecule has 1 aromatic rings. The highest BCUT2D eigenvalue weighted by molar-refractivity contribution is 8.14. The maximum Gasteiger partial charge on any atom is 0.293 e. The van der Waals surface area contributed by atoms with Crippen molar-refractivity contribution < 1.29 is 22.8 Å². The van der Waals surface area contributed by atoms with Gasteiger partial charge in [-0.1, -0.05) is 0 Å². The number of nitro benzene ring substituents is 1. The molecule has 0 saturated carbocycles. The fourth-order valence-corrected chi connectivity index (χ4v) is 2.68. The van der Waals surface area contributed by atoms with Crippen molar-refractivity contribution in [3.63, 3.8) is 0 Å². The minimum atomic E-state index is -4.29. The summed E-state index contributed by atoms with van der Waals surface area (Å²) in [6, 6.07) is 2.29. The highest BCUT2D eigenvalue weighted by atomic mass is 35.7. The maximum absolute atomic E-state index is 11.4. The van der Waals surface area contributed by atoms with Gasteiger partial charge >= 0.3 is 0 Å². The molecule has 0 fully saturated rings. The van der Waals surface area contributed by atoms with Crippen LogP contribution in [0.1, 0.15) is 0 Å². The highest BCUT2D eigenvalue weighted by Crippen LogP contribution is 2.43. The summed E-state index contributed by atoms with van der Waals surface area (Å²) < 4.78 is 32.9. The van der Waals surface area contributed by atoms with Crippen LogP contribution in [0.5, 0.6) is 11.5 Å². The second-order valence-electron chi connectivity index (χ2n) is 3.13. The van der Waals surface area contributed by atoms with Gasteiger partial charge in [-0.3, -0.25) is 10.1 Å². The summed E-state index contributed by atoms with van der Waals surface area (Å²) in [6.45, 7) is 0.347. The third-order valence-corrected chi connectivity index (χ3v) is 3.43. The molecule has 0 unspecified atom stereocenters. The summed E-state index contributed by atoms with van der Waals surface area (Å²) in [5, 5.41) is 10.7. The average Bonchev–Trinajstić information content (AvgIpc) is 2.26. The lowest BCUT2D eigenvalue weighted by molar-refractivity contribution is -0.388. The molecule has 0 saturated heterocycles. The quantitative estimate of drug-likeness (QED) is 0.460. The Morgan fingerprint density at radius 1 is 1.29 bits per heavy atom. The van der Waals surface area contributed by atoms with Crippen LogP contribution in [0.25, 0.3) is 0 Å². The number of hydrogen-bond acceptors (Lipinski definition) is 6. The number of nitro groups is 1. The Morgan fingerprint density at radius 3 is 2.53 bits per heavy atom. The molecular formula is C8H6ClNO6S. The topological polar surface area (TPSA) is 95.7 Å². The van der Waals surface area contributed by atoms with Crippen molar-refractivity contribution in [2.24, 2.45) is 0 Å². The molecule has 0 aromatic heterocycles. The zero-order valence-corrected chi connectivity index (χ0v) is 9.82. The molecule has 1 aliphatic heterocycles. The van der Waals surface area contributed by atoms with E-state index in [1.807, 2.05) is 0 Å². The molecule has 2 rings (SSSR count). The van der Waals surface area contributed by atoms with Crippen molar-refractivity contribution in [3.05, 3.63) is 22.2 Å². The Hall–Kier alpha value is -1.54. The molecule has 1 heterocycles. The van der Waals surface area contributed by atoms with Crippen molar-refractivity contribution in [1.29, 1.82) is 0 Å². The Kier molecular flexibility index (Phi) is 2.84. The zero-order chi connectivity index (χ0) is 12.6. The number of halogens is 1. The van der Waals surface area contributed by atoms with E-state index in [4.69, 9.17) is 20.2 Å². The van der Waals surface area contributed by atoms with Gasteiger partial charge in [-0.05, 0) is 6.07 Å². The molecule has 0 aliphatic carbocycles. The Bertz CT molecular complexity index is 584. The third-order valence-electron chi connectivity index (χ3n) is 2.08. The summed E-state index contributed by atoms with van der Waals surface area (Å²) in [6.07, 6.45) is 0. The van der Waals surface area contributed by atoms with Crippen LogP contribution in [0, 0.1) is 10.1 Å². The van der Waals surface area contributed by atoms with Gasteiger partial charge in [-0.15, -0.1) is 0 Å². The van der Waals surface area contributed by atoms with E-state index in [0.29, 0.717) is 0 Å². The van der Waals surface area contributed by atoms with E-state index >= 15 is 0 Å². The van der Waals surface area contributed by atoms with Crippen LogP contribution < -0.4 is 9.47 Å². The van der Waals surface area contributed by atoms with E-state index in [1.54, 1.807) is 0 Å². The van der Waals surface area contributed by atoms with Crippen LogP contribution in [0.15, 0.2) is 17.0 Å². The number of hydrogen-bond donors (Lipinski definition) is 0. The van der Waals surface area contributed by atoms with Gasteiger partial charge in [0.2, 0.25) is 4.90 Å². The van der Waals surface area contributed by atoms with Gasteiger partial charge in [-0.25, -0.2) is 8.42 Å². The minimum Gasteiger partial charge on any atom is -0.486 e. The lowest BCUT2D eigenvalue weighted by atomic mass is 10.2. The summed E-state index contributed by atoms with van der Waals surface area (Å²) in [7, 11) is 0.883. The zero-order valence-electron chi connectivity index (χ0n) is 8.25. The van der Waals surface area contributed by atoms with Gasteiger partial charge in [0, 0.05) is 16.7 Å². The largest absolute Gasteiger partial charge is 0.486 e. The number of ether oxygens (including phenoxy) is 2. The Balaban J connectivity index is 2.78. The van der Waals surface area contributed by atoms with E-state index in [9.17, 15) is 18.5 Å². The Labute approximate surface area is 100 Å². The van der Waals surface area contributed by atoms with Gasteiger partial charge in [0.1, 0.15) is 13.2 Å². The fourth-order valence-electron chi connectivity index (χ4n) is 1.46. The fraction of sp³-hybridized carbons (Fsp3) is 0.250. The summed E-state index contributed by atoms with van der Waals surface area (Å²) in [4.78, 5) is 9.24. The van der Waals surface area contributed by atoms with Crippen LogP contribution in [0.4, 0.5) is 5.69 Å². The number of rotatable bonds is 2. The molecular weight excluding hydrogens is 274 g/mol. The van der Waals surface area contributed by atoms with E-state index in [2.05, 4.69) is 0 Å². The molecule has 92 valence electrons. The highest BCUT2D eigenvalue weighted by Gasteiger charge is 2.33. The first-order valence-corrected chi connectivity index (χ1v) is 6.74. The van der Waals surface area contributed by atoms with Gasteiger partial charge in [0.15, 0.2) is 11.5 Å². The summed E-state index contributed by atoms with van der Waals surface area (Å²) in [5.41, 5.74) is -0.635. The van der Waals surface area contributed by atoms with Crippen LogP contribution in [-0.2, 0) is 9.05 Å². The molecule has 0 radical (unpaired) electrons. The summed E-state index contributed by atoms with van der Waals surface area (Å²) in [5.74, 6) is -0.0819. The molecule has 1 aliphatic rings. The first-order chi connectivity index (χ1) is 7.91. The van der Waals surface area contributed by atoms with Crippen LogP contribution in [-0.4, -0.2) is 26.6 Å². The van der Waals surface area contributed by atoms with Crippen molar-refractivity contribution in [2.45, 2.75) is 4.90 Å². The number of nitrogens with zero attached hydrogens (tertiary/aromatic N) is 1. The predicted molar refractivity (Wildman–Crippen MR) is 57.1 cm³/mol. The van der Waals surface area contributed by atoms with E-state index < -0.39 is 24.6 Å². The molecule has 1 aromatic carbocycles. The van der Waals surface area contributed by atoms with Crippen molar-refractivity contribution in [1.82, 2.24) is 0 Å². The molecule has 0 atom stereocenters. The Morgan fingerprint density at radius 2 is 1.94 bits per heavy atom. The normalized spacial score (nSPS) is 14.4. The van der Waals surface area contributed by atoms with Crippen LogP contribution in [0.2, 0.25) is 0 Å². The molecule has 0 bridgehead atoms. The first-order valence-electron chi connectivity index (χ1n) is 4.43. The standard InChI is InChI=1S/C8H6ClNO6S/c9-17(13,14)8-5(10(11)12)1-2-6-7(8)16-4-3-15-6/h1-2H,3-4H2. The van der Waals surface area contributed by atoms with E-state index in [1.165, 1.54) is 6.07 Å². The average molecular weight is 280 g/mol. The molecule has 0 spiro atoms. The summed E-state index contributed by atoms with van der Waals surface area (Å²) >= 11 is 0. The van der Waals surface area contributed by atoms with Gasteiger partial charge in [-0.2, -0.15) is 0 Å². The molecule has 9 heteroatoms. The SMILES string of the molecule is O=[N+]([O-])c1ccc2c(c1S(=O)(=O)Cl)OCCO2. The molecule has 0 amide bonds. The second kappa shape index (κ2) is 4.04. The van der Waals surface area contributed by atoms with Gasteiger partial charge in [0.25, 0.3) is 14.7 Å². The molecule has 17 heavy (non-hydrogen) atoms. The van der Waals surface area contributed by atoms with E-state index in [0.717, 1.165) is 6.07 Å². The lowest BCUT2D eigenvalue weighted by Crippen LogP contribution is -2.17. The molecule has 7 nitrogen and oxygen atoms in total. The van der Waals surface area contributed by atoms with Crippen molar-refractivity contribution in [2.75, 3.05) is 13.2 Å². The van der Waals surface area contributed by atoms with Crippen molar-refractivity contribution in [3.8, 4) is 11.5 Å². The predicted octanol–water partition coefficient (Wildman–Crippen LogP) is 1.29. The van der Waals surface area contributed by atoms with Crippen molar-refractivity contribution >= 4 is 25.4 Å². The monoisotopic (exact) mass is 279 g/mol. The number of fused-ring (bicyclic) bond motifs is 1. The first kappa shape index (κ1) is 11.9. The lowest BCUT2D eigenvalue weighted by Gasteiger charge is -2.19. The third kappa shape index (κ3) is 2.13. The maximum atomic E-state index is 11.4. The second-order valence-corrected chi connectivity index (χ2v) is 5.64.